The van der Waals surface area contributed by atoms with Gasteiger partial charge in [-0.05, 0) is 53.1 Å². The van der Waals surface area contributed by atoms with E-state index < -0.39 is 47.6 Å². The van der Waals surface area contributed by atoms with Gasteiger partial charge in [-0.25, -0.2) is 0 Å². The summed E-state index contributed by atoms with van der Waals surface area (Å²) in [7, 11) is 0. The number of phenols is 6. The first-order valence-electron chi connectivity index (χ1n) is 12.5. The number of benzene rings is 4. The second-order valence-corrected chi connectivity index (χ2v) is 10.0. The fourth-order valence-corrected chi connectivity index (χ4v) is 5.55. The lowest BCUT2D eigenvalue weighted by Crippen LogP contribution is -2.37. The van der Waals surface area contributed by atoms with Crippen LogP contribution in [0.5, 0.6) is 46.0 Å². The molecule has 4 aromatic rings. The SMILES string of the molecule is Oc1ccc2c(c1)OC(c1cc(O)c(O)cc1C1c3ccc(O)cc3OC(c3ccc(O)c(O)c3)C1O)C(O)C2. The minimum absolute atomic E-state index is 0.0313. The van der Waals surface area contributed by atoms with Crippen LogP contribution in [0.2, 0.25) is 0 Å². The molecule has 2 aliphatic heterocycles. The molecule has 5 unspecified atom stereocenters. The first-order chi connectivity index (χ1) is 19.1. The molecule has 0 radical (unpaired) electrons. The Hall–Kier alpha value is -4.80. The molecule has 0 fully saturated rings. The Morgan fingerprint density at radius 3 is 1.90 bits per heavy atom. The highest BCUT2D eigenvalue weighted by molar-refractivity contribution is 5.57. The standard InChI is InChI=1S/C30H26O10/c31-15-3-1-13-7-24(37)30(39-25(13)9-15)19-12-23(36)22(35)11-18(19)27-17-5-4-16(32)10-26(17)40-29(28(27)38)14-2-6-20(33)21(34)8-14/h1-6,8-12,24,27-38H,7H2. The summed E-state index contributed by atoms with van der Waals surface area (Å²) >= 11 is 0. The fourth-order valence-electron chi connectivity index (χ4n) is 5.55. The zero-order valence-electron chi connectivity index (χ0n) is 20.8. The van der Waals surface area contributed by atoms with Crippen LogP contribution in [0.15, 0.2) is 66.7 Å². The highest BCUT2D eigenvalue weighted by Gasteiger charge is 2.43. The van der Waals surface area contributed by atoms with Gasteiger partial charge in [0.15, 0.2) is 35.2 Å². The quantitative estimate of drug-likeness (QED) is 0.177. The van der Waals surface area contributed by atoms with Crippen LogP contribution in [-0.2, 0) is 6.42 Å². The number of aliphatic hydroxyl groups excluding tert-OH is 2. The lowest BCUT2D eigenvalue weighted by molar-refractivity contribution is 0.00393. The van der Waals surface area contributed by atoms with E-state index in [1.165, 1.54) is 54.6 Å². The molecule has 0 aliphatic carbocycles. The molecule has 6 rings (SSSR count). The van der Waals surface area contributed by atoms with Crippen molar-refractivity contribution in [2.45, 2.75) is 36.8 Å². The van der Waals surface area contributed by atoms with Gasteiger partial charge in [0.25, 0.3) is 0 Å². The Morgan fingerprint density at radius 1 is 0.550 bits per heavy atom. The van der Waals surface area contributed by atoms with Crippen LogP contribution in [0.4, 0.5) is 0 Å². The molecule has 10 heteroatoms. The minimum Gasteiger partial charge on any atom is -0.508 e. The molecule has 0 saturated heterocycles. The van der Waals surface area contributed by atoms with Crippen molar-refractivity contribution in [2.75, 3.05) is 0 Å². The lowest BCUT2D eigenvalue weighted by atomic mass is 9.76. The van der Waals surface area contributed by atoms with Crippen molar-refractivity contribution in [1.82, 2.24) is 0 Å². The van der Waals surface area contributed by atoms with Gasteiger partial charge in [-0.1, -0.05) is 18.2 Å². The van der Waals surface area contributed by atoms with Crippen molar-refractivity contribution in [3.05, 3.63) is 94.5 Å². The Kier molecular flexibility index (Phi) is 6.01. The number of fused-ring (bicyclic) bond motifs is 2. The van der Waals surface area contributed by atoms with Gasteiger partial charge in [-0.3, -0.25) is 0 Å². The molecule has 5 atom stereocenters. The maximum absolute atomic E-state index is 11.7. The summed E-state index contributed by atoms with van der Waals surface area (Å²) in [6.07, 6.45) is -4.40. The normalized spacial score (nSPS) is 23.4. The second-order valence-electron chi connectivity index (χ2n) is 10.0. The topological polar surface area (TPSA) is 180 Å². The Bertz CT molecular complexity index is 1620. The van der Waals surface area contributed by atoms with Crippen LogP contribution in [-0.4, -0.2) is 53.1 Å². The van der Waals surface area contributed by atoms with Crippen molar-refractivity contribution in [2.24, 2.45) is 0 Å². The highest BCUT2D eigenvalue weighted by atomic mass is 16.5. The summed E-state index contributed by atoms with van der Waals surface area (Å²) in [6.45, 7) is 0. The van der Waals surface area contributed by atoms with Crippen molar-refractivity contribution < 1.29 is 50.3 Å². The van der Waals surface area contributed by atoms with Crippen LogP contribution in [0.1, 0.15) is 45.9 Å². The molecule has 206 valence electrons. The first kappa shape index (κ1) is 25.5. The predicted octanol–water partition coefficient (Wildman–Crippen LogP) is 3.58. The highest BCUT2D eigenvalue weighted by Crippen LogP contribution is 2.51. The molecule has 40 heavy (non-hydrogen) atoms. The molecular weight excluding hydrogens is 520 g/mol. The number of aromatic hydroxyl groups is 6. The van der Waals surface area contributed by atoms with E-state index in [1.54, 1.807) is 12.1 Å². The molecule has 0 saturated carbocycles. The molecular formula is C30H26O10. The number of hydrogen-bond donors (Lipinski definition) is 8. The number of ether oxygens (including phenoxy) is 2. The van der Waals surface area contributed by atoms with Crippen molar-refractivity contribution in [3.8, 4) is 46.0 Å². The van der Waals surface area contributed by atoms with Gasteiger partial charge in [0.2, 0.25) is 0 Å². The zero-order valence-corrected chi connectivity index (χ0v) is 20.8. The Morgan fingerprint density at radius 2 is 1.18 bits per heavy atom. The minimum atomic E-state index is -1.35. The number of aliphatic hydroxyl groups is 2. The number of hydrogen-bond acceptors (Lipinski definition) is 10. The van der Waals surface area contributed by atoms with E-state index in [9.17, 15) is 40.9 Å². The van der Waals surface area contributed by atoms with Gasteiger partial charge in [0.05, 0.1) is 6.10 Å². The summed E-state index contributed by atoms with van der Waals surface area (Å²) < 4.78 is 12.2. The van der Waals surface area contributed by atoms with Crippen LogP contribution in [0.25, 0.3) is 0 Å². The molecule has 0 bridgehead atoms. The van der Waals surface area contributed by atoms with Gasteiger partial charge >= 0.3 is 0 Å². The summed E-state index contributed by atoms with van der Waals surface area (Å²) in [5.41, 5.74) is 2.02. The van der Waals surface area contributed by atoms with Crippen molar-refractivity contribution >= 4 is 0 Å². The van der Waals surface area contributed by atoms with Crippen LogP contribution in [0.3, 0.4) is 0 Å². The number of rotatable bonds is 3. The number of phenolic OH excluding ortho intramolecular Hbond substituents is 6. The van der Waals surface area contributed by atoms with E-state index in [2.05, 4.69) is 0 Å². The molecule has 0 aromatic heterocycles. The average molecular weight is 547 g/mol. The molecule has 2 aliphatic rings. The first-order valence-corrected chi connectivity index (χ1v) is 12.5. The average Bonchev–Trinajstić information content (AvgIpc) is 2.91. The zero-order chi connectivity index (χ0) is 28.3. The Balaban J connectivity index is 1.52. The van der Waals surface area contributed by atoms with Crippen LogP contribution in [0, 0.1) is 0 Å². The summed E-state index contributed by atoms with van der Waals surface area (Å²) in [5, 5.41) is 83.9. The third-order valence-electron chi connectivity index (χ3n) is 7.47. The maximum Gasteiger partial charge on any atom is 0.157 e. The van der Waals surface area contributed by atoms with Crippen LogP contribution >= 0.6 is 0 Å². The van der Waals surface area contributed by atoms with E-state index in [0.717, 1.165) is 0 Å². The monoisotopic (exact) mass is 546 g/mol. The molecule has 2 heterocycles. The van der Waals surface area contributed by atoms with E-state index in [-0.39, 0.29) is 35.0 Å². The third kappa shape index (κ3) is 4.23. The van der Waals surface area contributed by atoms with E-state index in [1.807, 2.05) is 0 Å². The molecule has 0 amide bonds. The predicted molar refractivity (Wildman–Crippen MR) is 140 cm³/mol. The van der Waals surface area contributed by atoms with Gasteiger partial charge < -0.3 is 50.3 Å². The van der Waals surface area contributed by atoms with Crippen LogP contribution < -0.4 is 9.47 Å². The largest absolute Gasteiger partial charge is 0.508 e. The van der Waals surface area contributed by atoms with Crippen molar-refractivity contribution in [3.63, 3.8) is 0 Å². The fraction of sp³-hybridized carbons (Fsp3) is 0.200. The van der Waals surface area contributed by atoms with E-state index in [0.29, 0.717) is 28.0 Å². The third-order valence-corrected chi connectivity index (χ3v) is 7.47. The maximum atomic E-state index is 11.7. The van der Waals surface area contributed by atoms with Gasteiger partial charge in [0, 0.05) is 35.6 Å². The van der Waals surface area contributed by atoms with E-state index in [4.69, 9.17) is 9.47 Å². The summed E-state index contributed by atoms with van der Waals surface area (Å²) in [6, 6.07) is 15.4. The second kappa shape index (κ2) is 9.44. The lowest BCUT2D eigenvalue weighted by Gasteiger charge is -2.39. The van der Waals surface area contributed by atoms with E-state index >= 15 is 0 Å². The smallest absolute Gasteiger partial charge is 0.157 e. The molecule has 4 aromatic carbocycles. The molecule has 8 N–H and O–H groups in total. The van der Waals surface area contributed by atoms with Crippen molar-refractivity contribution in [1.29, 1.82) is 0 Å². The van der Waals surface area contributed by atoms with Gasteiger partial charge in [-0.2, -0.15) is 0 Å². The summed E-state index contributed by atoms with van der Waals surface area (Å²) in [5.74, 6) is -2.24. The van der Waals surface area contributed by atoms with Gasteiger partial charge in [0.1, 0.15) is 29.1 Å². The molecule has 10 nitrogen and oxygen atoms in total. The van der Waals surface area contributed by atoms with Gasteiger partial charge in [-0.15, -0.1) is 0 Å². The summed E-state index contributed by atoms with van der Waals surface area (Å²) in [4.78, 5) is 0. The Labute approximate surface area is 227 Å². The molecule has 0 spiro atoms.